The van der Waals surface area contributed by atoms with Gasteiger partial charge >= 0.3 is 12.1 Å². The molecule has 1 heterocycles. The molecule has 1 aliphatic rings. The summed E-state index contributed by atoms with van der Waals surface area (Å²) >= 11 is 0. The highest BCUT2D eigenvalue weighted by Gasteiger charge is 2.48. The molecule has 2 unspecified atom stereocenters. The Morgan fingerprint density at radius 3 is 2.75 bits per heavy atom. The fourth-order valence-electron chi connectivity index (χ4n) is 2.38. The van der Waals surface area contributed by atoms with E-state index in [-0.39, 0.29) is 25.6 Å². The number of hydrogen-bond donors (Lipinski definition) is 2. The Hall–Kier alpha value is -1.73. The molecular formula is C13H21N2O5+. The summed E-state index contributed by atoms with van der Waals surface area (Å²) in [5.74, 6) is -0.545. The second-order valence-electron chi connectivity index (χ2n) is 4.77. The number of aliphatic carboxylic acids is 1. The summed E-state index contributed by atoms with van der Waals surface area (Å²) in [6.07, 6.45) is 1.28. The number of quaternary nitrogens is 1. The maximum absolute atomic E-state index is 11.7. The Morgan fingerprint density at radius 1 is 1.55 bits per heavy atom. The molecule has 112 valence electrons. The molecule has 0 aromatic heterocycles. The summed E-state index contributed by atoms with van der Waals surface area (Å²) in [5, 5.41) is 18.4. The predicted octanol–water partition coefficient (Wildman–Crippen LogP) is 1.35. The molecule has 7 heteroatoms. The lowest BCUT2D eigenvalue weighted by Crippen LogP contribution is -2.56. The van der Waals surface area contributed by atoms with Gasteiger partial charge in [-0.25, -0.2) is 4.99 Å². The first-order valence-electron chi connectivity index (χ1n) is 6.45. The maximum Gasteiger partial charge on any atom is 0.519 e. The van der Waals surface area contributed by atoms with Crippen molar-refractivity contribution < 1.29 is 29.0 Å². The minimum absolute atomic E-state index is 0.000816. The number of methoxy groups -OCH3 is 1. The van der Waals surface area contributed by atoms with Gasteiger partial charge in [-0.05, 0) is 6.42 Å². The fourth-order valence-corrected chi connectivity index (χ4v) is 2.38. The van der Waals surface area contributed by atoms with Crippen molar-refractivity contribution in [3.63, 3.8) is 0 Å². The van der Waals surface area contributed by atoms with Gasteiger partial charge in [0.15, 0.2) is 0 Å². The number of carbonyl (C=O) groups is 2. The highest BCUT2D eigenvalue weighted by Crippen LogP contribution is 2.25. The number of carboxylic acids is 1. The van der Waals surface area contributed by atoms with E-state index < -0.39 is 16.5 Å². The lowest BCUT2D eigenvalue weighted by molar-refractivity contribution is -0.762. The van der Waals surface area contributed by atoms with Crippen LogP contribution in [-0.2, 0) is 9.53 Å². The van der Waals surface area contributed by atoms with Crippen molar-refractivity contribution in [2.75, 3.05) is 26.8 Å². The van der Waals surface area contributed by atoms with Crippen molar-refractivity contribution >= 4 is 17.9 Å². The predicted molar refractivity (Wildman–Crippen MR) is 72.8 cm³/mol. The number of nitrogens with zero attached hydrogens (tertiary/aromatic N) is 2. The van der Waals surface area contributed by atoms with Gasteiger partial charge in [-0.1, -0.05) is 6.08 Å². The van der Waals surface area contributed by atoms with Crippen LogP contribution in [0.25, 0.3) is 0 Å². The molecule has 1 rings (SSSR count). The van der Waals surface area contributed by atoms with Gasteiger partial charge in [-0.3, -0.25) is 4.79 Å². The molecule has 2 atom stereocenters. The van der Waals surface area contributed by atoms with E-state index in [4.69, 9.17) is 9.84 Å². The van der Waals surface area contributed by atoms with Gasteiger partial charge < -0.3 is 14.9 Å². The van der Waals surface area contributed by atoms with Crippen LogP contribution in [0.5, 0.6) is 0 Å². The third kappa shape index (κ3) is 3.64. The van der Waals surface area contributed by atoms with Crippen LogP contribution in [0.15, 0.2) is 17.6 Å². The molecule has 0 saturated heterocycles. The van der Waals surface area contributed by atoms with Gasteiger partial charge in [0.25, 0.3) is 0 Å². The van der Waals surface area contributed by atoms with E-state index in [0.717, 1.165) is 0 Å². The van der Waals surface area contributed by atoms with Crippen LogP contribution in [0.4, 0.5) is 4.79 Å². The third-order valence-electron chi connectivity index (χ3n) is 3.40. The average Bonchev–Trinajstić information content (AvgIpc) is 2.74. The number of aliphatic imine (C=N–C) groups is 1. The van der Waals surface area contributed by atoms with Crippen LogP contribution in [0.2, 0.25) is 0 Å². The van der Waals surface area contributed by atoms with E-state index in [9.17, 15) is 14.7 Å². The Balaban J connectivity index is 2.95. The molecule has 0 saturated carbocycles. The van der Waals surface area contributed by atoms with Crippen molar-refractivity contribution in [2.24, 2.45) is 4.99 Å². The zero-order chi connectivity index (χ0) is 15.2. The fraction of sp³-hybridized carbons (Fsp3) is 0.615. The summed E-state index contributed by atoms with van der Waals surface area (Å²) in [6, 6.07) is -0.158. The topological polar surface area (TPSA) is 96.2 Å². The van der Waals surface area contributed by atoms with E-state index in [1.807, 2.05) is 0 Å². The van der Waals surface area contributed by atoms with E-state index >= 15 is 0 Å². The molecular weight excluding hydrogens is 264 g/mol. The summed E-state index contributed by atoms with van der Waals surface area (Å²) in [4.78, 5) is 26.9. The summed E-state index contributed by atoms with van der Waals surface area (Å²) in [5.41, 5.74) is 0. The van der Waals surface area contributed by atoms with Crippen LogP contribution in [0.1, 0.15) is 19.3 Å². The number of amides is 1. The lowest BCUT2D eigenvalue weighted by atomic mass is 10.2. The molecule has 0 aromatic rings. The Labute approximate surface area is 117 Å². The van der Waals surface area contributed by atoms with Gasteiger partial charge in [-0.15, -0.1) is 6.58 Å². The first kappa shape index (κ1) is 16.3. The van der Waals surface area contributed by atoms with Crippen LogP contribution in [0.3, 0.4) is 0 Å². The highest BCUT2D eigenvalue weighted by molar-refractivity contribution is 5.87. The second-order valence-corrected chi connectivity index (χ2v) is 4.77. The number of carboxylic acid groups (broad SMARTS) is 2. The second kappa shape index (κ2) is 7.16. The standard InChI is InChI=1S/C13H20N2O5/c1-3-4-11-14-10(6-8-20-2)9-15(11,13(18)19)7-5-12(16)17/h3,10H,1,4-9H2,2H3,(H-,16,17,18,19)/p+1. The highest BCUT2D eigenvalue weighted by atomic mass is 16.5. The van der Waals surface area contributed by atoms with Crippen LogP contribution in [0, 0.1) is 0 Å². The van der Waals surface area contributed by atoms with Gasteiger partial charge in [0.1, 0.15) is 19.1 Å². The molecule has 7 nitrogen and oxygen atoms in total. The molecule has 0 spiro atoms. The first-order valence-corrected chi connectivity index (χ1v) is 6.45. The molecule has 1 amide bonds. The molecule has 20 heavy (non-hydrogen) atoms. The van der Waals surface area contributed by atoms with Crippen LogP contribution >= 0.6 is 0 Å². The van der Waals surface area contributed by atoms with Crippen LogP contribution < -0.4 is 0 Å². The van der Waals surface area contributed by atoms with Crippen LogP contribution in [-0.4, -0.2) is 65.4 Å². The van der Waals surface area contributed by atoms with Crippen molar-refractivity contribution in [3.05, 3.63) is 12.7 Å². The molecule has 1 aliphatic heterocycles. The normalized spacial score (nSPS) is 25.2. The molecule has 2 N–H and O–H groups in total. The summed E-state index contributed by atoms with van der Waals surface area (Å²) < 4.78 is 4.58. The zero-order valence-electron chi connectivity index (χ0n) is 11.6. The van der Waals surface area contributed by atoms with Crippen molar-refractivity contribution in [1.29, 1.82) is 0 Å². The van der Waals surface area contributed by atoms with E-state index in [1.54, 1.807) is 13.2 Å². The molecule has 0 fully saturated rings. The Kier molecular flexibility index (Phi) is 5.84. The summed E-state index contributed by atoms with van der Waals surface area (Å²) in [7, 11) is 1.58. The number of amidine groups is 1. The monoisotopic (exact) mass is 285 g/mol. The first-order chi connectivity index (χ1) is 9.46. The number of ether oxygens (including phenoxy) is 1. The molecule has 0 aromatic carbocycles. The zero-order valence-corrected chi connectivity index (χ0v) is 11.6. The summed E-state index contributed by atoms with van der Waals surface area (Å²) in [6.45, 7) is 4.37. The smallest absolute Gasteiger partial charge is 0.481 e. The number of hydrogen-bond acceptors (Lipinski definition) is 4. The minimum Gasteiger partial charge on any atom is -0.481 e. The number of rotatable bonds is 8. The maximum atomic E-state index is 11.7. The molecule has 0 radical (unpaired) electrons. The lowest BCUT2D eigenvalue weighted by Gasteiger charge is -2.28. The van der Waals surface area contributed by atoms with Crippen molar-refractivity contribution in [1.82, 2.24) is 0 Å². The van der Waals surface area contributed by atoms with Crippen molar-refractivity contribution in [3.8, 4) is 0 Å². The van der Waals surface area contributed by atoms with E-state index in [2.05, 4.69) is 11.6 Å². The van der Waals surface area contributed by atoms with Gasteiger partial charge in [-0.2, -0.15) is 9.28 Å². The van der Waals surface area contributed by atoms with Crippen molar-refractivity contribution in [2.45, 2.75) is 25.3 Å². The van der Waals surface area contributed by atoms with Gasteiger partial charge in [0.05, 0.1) is 12.8 Å². The SMILES string of the molecule is C=CCC1=NC(CCOC)C[N+]1(CCC(=O)O)C(=O)O. The molecule has 0 bridgehead atoms. The largest absolute Gasteiger partial charge is 0.519 e. The Morgan fingerprint density at radius 2 is 2.25 bits per heavy atom. The quantitative estimate of drug-likeness (QED) is 0.518. The molecule has 0 aliphatic carbocycles. The average molecular weight is 285 g/mol. The van der Waals surface area contributed by atoms with Gasteiger partial charge in [0.2, 0.25) is 5.84 Å². The Bertz CT molecular complexity index is 421. The third-order valence-corrected chi connectivity index (χ3v) is 3.40. The van der Waals surface area contributed by atoms with E-state index in [0.29, 0.717) is 25.3 Å². The van der Waals surface area contributed by atoms with Gasteiger partial charge in [0, 0.05) is 13.7 Å². The van der Waals surface area contributed by atoms with E-state index in [1.165, 1.54) is 0 Å². The minimum atomic E-state index is -1.06.